The van der Waals surface area contributed by atoms with E-state index in [1.165, 1.54) is 5.56 Å². The van der Waals surface area contributed by atoms with E-state index in [0.29, 0.717) is 5.92 Å². The maximum Gasteiger partial charge on any atom is 0.336 e. The second-order valence-electron chi connectivity index (χ2n) is 5.24. The Morgan fingerprint density at radius 3 is 2.41 bits per heavy atom. The molecule has 3 nitrogen and oxygen atoms in total. The normalized spacial score (nSPS) is 27.2. The van der Waals surface area contributed by atoms with Crippen molar-refractivity contribution in [3.05, 3.63) is 35.4 Å². The van der Waals surface area contributed by atoms with E-state index in [1.807, 2.05) is 19.1 Å². The molecule has 0 amide bonds. The predicted octanol–water partition coefficient (Wildman–Crippen LogP) is 2.58. The third-order valence-corrected chi connectivity index (χ3v) is 3.20. The molecule has 2 unspecified atom stereocenters. The van der Waals surface area contributed by atoms with Crippen LogP contribution in [0.1, 0.15) is 31.9 Å². The number of ether oxygens (including phenoxy) is 1. The molecule has 1 aromatic rings. The number of carboxylic acids is 1. The molecule has 1 aliphatic heterocycles. The highest BCUT2D eigenvalue weighted by molar-refractivity contribution is 5.77. The van der Waals surface area contributed by atoms with E-state index in [0.717, 1.165) is 12.0 Å². The number of aliphatic carboxylic acids is 1. The van der Waals surface area contributed by atoms with Crippen molar-refractivity contribution in [2.75, 3.05) is 0 Å². The van der Waals surface area contributed by atoms with Gasteiger partial charge in [0.2, 0.25) is 0 Å². The molecule has 1 fully saturated rings. The van der Waals surface area contributed by atoms with Crippen LogP contribution in [0.3, 0.4) is 0 Å². The van der Waals surface area contributed by atoms with E-state index in [9.17, 15) is 4.79 Å². The maximum absolute atomic E-state index is 10.8. The molecule has 0 bridgehead atoms. The standard InChI is InChI=1S/C14H18O3/c1-9(2)8-10-4-6-11(7-5-10)14(3)12(17-14)13(15)16/h4-7,9,12H,8H2,1-3H3,(H,15,16). The molecule has 0 aliphatic carbocycles. The van der Waals surface area contributed by atoms with Gasteiger partial charge in [-0.15, -0.1) is 0 Å². The Morgan fingerprint density at radius 2 is 2.00 bits per heavy atom. The summed E-state index contributed by atoms with van der Waals surface area (Å²) in [7, 11) is 0. The van der Waals surface area contributed by atoms with Crippen molar-refractivity contribution in [2.45, 2.75) is 38.9 Å². The highest BCUT2D eigenvalue weighted by Gasteiger charge is 2.58. The molecule has 0 saturated carbocycles. The smallest absolute Gasteiger partial charge is 0.336 e. The summed E-state index contributed by atoms with van der Waals surface area (Å²) in [6, 6.07) is 8.06. The van der Waals surface area contributed by atoms with Crippen LogP contribution in [-0.4, -0.2) is 17.2 Å². The Hall–Kier alpha value is -1.35. The van der Waals surface area contributed by atoms with Crippen molar-refractivity contribution < 1.29 is 14.6 Å². The van der Waals surface area contributed by atoms with Gasteiger partial charge in [-0.1, -0.05) is 38.1 Å². The molecular weight excluding hydrogens is 216 g/mol. The predicted molar refractivity (Wildman–Crippen MR) is 64.8 cm³/mol. The lowest BCUT2D eigenvalue weighted by molar-refractivity contribution is -0.138. The molecule has 0 radical (unpaired) electrons. The van der Waals surface area contributed by atoms with Crippen LogP contribution in [0.15, 0.2) is 24.3 Å². The molecule has 1 aliphatic rings. The molecule has 92 valence electrons. The van der Waals surface area contributed by atoms with E-state index >= 15 is 0 Å². The summed E-state index contributed by atoms with van der Waals surface area (Å²) in [6.45, 7) is 6.18. The first-order chi connectivity index (χ1) is 7.93. The number of hydrogen-bond donors (Lipinski definition) is 1. The highest BCUT2D eigenvalue weighted by Crippen LogP contribution is 2.45. The van der Waals surface area contributed by atoms with Crippen LogP contribution < -0.4 is 0 Å². The van der Waals surface area contributed by atoms with Gasteiger partial charge in [0.15, 0.2) is 6.10 Å². The molecule has 3 heteroatoms. The van der Waals surface area contributed by atoms with Crippen molar-refractivity contribution in [2.24, 2.45) is 5.92 Å². The Balaban J connectivity index is 2.12. The lowest BCUT2D eigenvalue weighted by atomic mass is 9.94. The minimum atomic E-state index is -0.890. The summed E-state index contributed by atoms with van der Waals surface area (Å²) in [5, 5.41) is 8.90. The molecule has 2 rings (SSSR count). The summed E-state index contributed by atoms with van der Waals surface area (Å²) in [6.07, 6.45) is 0.346. The van der Waals surface area contributed by atoms with Crippen LogP contribution >= 0.6 is 0 Å². The largest absolute Gasteiger partial charge is 0.479 e. The van der Waals surface area contributed by atoms with Gasteiger partial charge in [-0.3, -0.25) is 0 Å². The monoisotopic (exact) mass is 234 g/mol. The zero-order valence-corrected chi connectivity index (χ0v) is 10.4. The SMILES string of the molecule is CC(C)Cc1ccc(C2(C)OC2C(=O)O)cc1. The molecule has 1 heterocycles. The Labute approximate surface area is 101 Å². The van der Waals surface area contributed by atoms with Gasteiger partial charge in [0, 0.05) is 0 Å². The summed E-state index contributed by atoms with van der Waals surface area (Å²) in [4.78, 5) is 10.8. The van der Waals surface area contributed by atoms with Gasteiger partial charge < -0.3 is 9.84 Å². The topological polar surface area (TPSA) is 49.8 Å². The average molecular weight is 234 g/mol. The number of carboxylic acid groups (broad SMARTS) is 1. The Morgan fingerprint density at radius 1 is 1.41 bits per heavy atom. The fourth-order valence-electron chi connectivity index (χ4n) is 2.16. The van der Waals surface area contributed by atoms with E-state index < -0.39 is 17.7 Å². The third-order valence-electron chi connectivity index (χ3n) is 3.20. The fraction of sp³-hybridized carbons (Fsp3) is 0.500. The molecule has 1 N–H and O–H groups in total. The highest BCUT2D eigenvalue weighted by atomic mass is 16.6. The summed E-state index contributed by atoms with van der Waals surface area (Å²) < 4.78 is 5.27. The minimum Gasteiger partial charge on any atom is -0.479 e. The fourth-order valence-corrected chi connectivity index (χ4v) is 2.16. The van der Waals surface area contributed by atoms with Crippen molar-refractivity contribution >= 4 is 5.97 Å². The first-order valence-electron chi connectivity index (χ1n) is 5.93. The number of carbonyl (C=O) groups is 1. The minimum absolute atomic E-state index is 0.625. The van der Waals surface area contributed by atoms with Crippen LogP contribution in [0, 0.1) is 5.92 Å². The van der Waals surface area contributed by atoms with E-state index in [2.05, 4.69) is 26.0 Å². The Kier molecular flexibility index (Phi) is 2.96. The molecule has 1 saturated heterocycles. The summed E-state index contributed by atoms with van der Waals surface area (Å²) in [5.41, 5.74) is 1.58. The van der Waals surface area contributed by atoms with Gasteiger partial charge in [-0.25, -0.2) is 4.79 Å². The first-order valence-corrected chi connectivity index (χ1v) is 5.93. The first kappa shape index (κ1) is 12.1. The molecule has 0 aromatic heterocycles. The lowest BCUT2D eigenvalue weighted by Gasteiger charge is -2.09. The van der Waals surface area contributed by atoms with Gasteiger partial charge in [-0.2, -0.15) is 0 Å². The van der Waals surface area contributed by atoms with Gasteiger partial charge >= 0.3 is 5.97 Å². The van der Waals surface area contributed by atoms with Crippen molar-refractivity contribution in [3.63, 3.8) is 0 Å². The summed E-state index contributed by atoms with van der Waals surface area (Å²) in [5.74, 6) is -0.265. The molecule has 17 heavy (non-hydrogen) atoms. The van der Waals surface area contributed by atoms with Crippen LogP contribution in [0.25, 0.3) is 0 Å². The van der Waals surface area contributed by atoms with Crippen LogP contribution in [0.4, 0.5) is 0 Å². The zero-order valence-electron chi connectivity index (χ0n) is 10.4. The quantitative estimate of drug-likeness (QED) is 0.815. The third kappa shape index (κ3) is 2.34. The molecule has 2 atom stereocenters. The molecular formula is C14H18O3. The van der Waals surface area contributed by atoms with Crippen molar-refractivity contribution in [3.8, 4) is 0 Å². The molecule has 1 aromatic carbocycles. The number of hydrogen-bond acceptors (Lipinski definition) is 2. The van der Waals surface area contributed by atoms with Crippen molar-refractivity contribution in [1.29, 1.82) is 0 Å². The van der Waals surface area contributed by atoms with Crippen LogP contribution in [0.2, 0.25) is 0 Å². The van der Waals surface area contributed by atoms with Crippen LogP contribution in [-0.2, 0) is 21.6 Å². The van der Waals surface area contributed by atoms with Gasteiger partial charge in [0.25, 0.3) is 0 Å². The number of benzene rings is 1. The molecule has 0 spiro atoms. The van der Waals surface area contributed by atoms with Crippen LogP contribution in [0.5, 0.6) is 0 Å². The average Bonchev–Trinajstić information content (AvgIpc) is 2.92. The Bertz CT molecular complexity index is 422. The van der Waals surface area contributed by atoms with Gasteiger partial charge in [0.1, 0.15) is 5.60 Å². The lowest BCUT2D eigenvalue weighted by Crippen LogP contribution is -2.15. The van der Waals surface area contributed by atoms with Crippen molar-refractivity contribution in [1.82, 2.24) is 0 Å². The summed E-state index contributed by atoms with van der Waals surface area (Å²) >= 11 is 0. The maximum atomic E-state index is 10.8. The number of rotatable bonds is 4. The second-order valence-corrected chi connectivity index (χ2v) is 5.24. The van der Waals surface area contributed by atoms with E-state index in [4.69, 9.17) is 9.84 Å². The van der Waals surface area contributed by atoms with E-state index in [-0.39, 0.29) is 0 Å². The zero-order chi connectivity index (χ0) is 12.6. The van der Waals surface area contributed by atoms with Gasteiger partial charge in [0.05, 0.1) is 0 Å². The van der Waals surface area contributed by atoms with Gasteiger partial charge in [-0.05, 0) is 30.4 Å². The number of epoxide rings is 1. The van der Waals surface area contributed by atoms with E-state index in [1.54, 1.807) is 0 Å². The second kappa shape index (κ2) is 4.15.